The molecule has 0 saturated carbocycles. The van der Waals surface area contributed by atoms with Gasteiger partial charge in [-0.15, -0.1) is 0 Å². The largest absolute Gasteiger partial charge is 0.355 e. The van der Waals surface area contributed by atoms with Gasteiger partial charge in [-0.25, -0.2) is 17.2 Å². The third-order valence-corrected chi connectivity index (χ3v) is 2.90. The van der Waals surface area contributed by atoms with Crippen LogP contribution in [0, 0.1) is 11.6 Å². The van der Waals surface area contributed by atoms with Gasteiger partial charge in [0, 0.05) is 4.47 Å². The summed E-state index contributed by atoms with van der Waals surface area (Å²) in [4.78, 5) is 0. The van der Waals surface area contributed by atoms with Crippen LogP contribution >= 0.6 is 15.9 Å². The van der Waals surface area contributed by atoms with Crippen LogP contribution in [0.15, 0.2) is 16.6 Å². The SMILES string of the molecule is O=S(=O)(Nc1c(F)cc(Br)cc1F)C(F)F. The fourth-order valence-electron chi connectivity index (χ4n) is 0.827. The molecular weight excluding hydrogens is 318 g/mol. The van der Waals surface area contributed by atoms with E-state index in [1.165, 1.54) is 0 Å². The van der Waals surface area contributed by atoms with Crippen LogP contribution in [0.1, 0.15) is 0 Å². The van der Waals surface area contributed by atoms with E-state index in [-0.39, 0.29) is 4.47 Å². The number of benzene rings is 1. The summed E-state index contributed by atoms with van der Waals surface area (Å²) >= 11 is 2.75. The summed E-state index contributed by atoms with van der Waals surface area (Å²) in [6.45, 7) is 0. The predicted octanol–water partition coefficient (Wildman–Crippen LogP) is 2.69. The number of rotatable bonds is 3. The van der Waals surface area contributed by atoms with Crippen LogP contribution in [-0.2, 0) is 10.0 Å². The van der Waals surface area contributed by atoms with Crippen LogP contribution < -0.4 is 4.72 Å². The van der Waals surface area contributed by atoms with E-state index < -0.39 is 33.1 Å². The molecule has 1 aromatic carbocycles. The molecular formula is C7H4BrF4NO2S. The lowest BCUT2D eigenvalue weighted by atomic mass is 10.3. The average molecular weight is 322 g/mol. The number of alkyl halides is 2. The Balaban J connectivity index is 3.17. The van der Waals surface area contributed by atoms with E-state index in [9.17, 15) is 26.0 Å². The number of halogens is 5. The first kappa shape index (κ1) is 13.2. The Hall–Kier alpha value is -0.830. The highest BCUT2D eigenvalue weighted by atomic mass is 79.9. The third kappa shape index (κ3) is 2.85. The summed E-state index contributed by atoms with van der Waals surface area (Å²) in [7, 11) is -5.09. The van der Waals surface area contributed by atoms with E-state index in [0.29, 0.717) is 0 Å². The molecule has 3 nitrogen and oxygen atoms in total. The van der Waals surface area contributed by atoms with Crippen LogP contribution in [0.25, 0.3) is 0 Å². The van der Waals surface area contributed by atoms with E-state index in [0.717, 1.165) is 16.9 Å². The molecule has 16 heavy (non-hydrogen) atoms. The van der Waals surface area contributed by atoms with Crippen LogP contribution in [0.3, 0.4) is 0 Å². The normalized spacial score (nSPS) is 11.9. The number of nitrogens with one attached hydrogen (secondary N) is 1. The summed E-state index contributed by atoms with van der Waals surface area (Å²) in [6.07, 6.45) is 0. The van der Waals surface area contributed by atoms with Crippen molar-refractivity contribution in [3.63, 3.8) is 0 Å². The van der Waals surface area contributed by atoms with Gasteiger partial charge in [0.05, 0.1) is 0 Å². The number of hydrogen-bond acceptors (Lipinski definition) is 2. The minimum atomic E-state index is -5.09. The minimum absolute atomic E-state index is 0.0162. The summed E-state index contributed by atoms with van der Waals surface area (Å²) in [5.74, 6) is -6.36. The molecule has 90 valence electrons. The maximum Gasteiger partial charge on any atom is 0.355 e. The highest BCUT2D eigenvalue weighted by Gasteiger charge is 2.26. The second kappa shape index (κ2) is 4.58. The van der Waals surface area contributed by atoms with Gasteiger partial charge in [-0.05, 0) is 12.1 Å². The first-order valence-electron chi connectivity index (χ1n) is 3.68. The number of anilines is 1. The van der Waals surface area contributed by atoms with Gasteiger partial charge in [0.1, 0.15) is 5.69 Å². The van der Waals surface area contributed by atoms with Crippen LogP contribution in [0.4, 0.5) is 23.2 Å². The highest BCUT2D eigenvalue weighted by molar-refractivity contribution is 9.10. The second-order valence-corrected chi connectivity index (χ2v) is 5.22. The van der Waals surface area contributed by atoms with Crippen LogP contribution in [0.5, 0.6) is 0 Å². The van der Waals surface area contributed by atoms with Crippen LogP contribution in [-0.4, -0.2) is 14.2 Å². The molecule has 0 heterocycles. The molecule has 0 aromatic heterocycles. The predicted molar refractivity (Wildman–Crippen MR) is 52.6 cm³/mol. The Morgan fingerprint density at radius 3 is 2.00 bits per heavy atom. The lowest BCUT2D eigenvalue weighted by Crippen LogP contribution is -2.22. The number of hydrogen-bond donors (Lipinski definition) is 1. The molecule has 1 N–H and O–H groups in total. The van der Waals surface area contributed by atoms with E-state index in [1.807, 2.05) is 0 Å². The maximum absolute atomic E-state index is 13.1. The fourth-order valence-corrected chi connectivity index (χ4v) is 1.80. The van der Waals surface area contributed by atoms with E-state index >= 15 is 0 Å². The topological polar surface area (TPSA) is 46.2 Å². The van der Waals surface area contributed by atoms with Gasteiger partial charge in [0.2, 0.25) is 0 Å². The Kier molecular flexibility index (Phi) is 3.79. The van der Waals surface area contributed by atoms with E-state index in [2.05, 4.69) is 15.9 Å². The Morgan fingerprint density at radius 1 is 1.19 bits per heavy atom. The molecule has 1 rings (SSSR count). The summed E-state index contributed by atoms with van der Waals surface area (Å²) < 4.78 is 72.5. The van der Waals surface area contributed by atoms with Gasteiger partial charge in [-0.1, -0.05) is 15.9 Å². The van der Waals surface area contributed by atoms with E-state index in [4.69, 9.17) is 0 Å². The van der Waals surface area contributed by atoms with Crippen molar-refractivity contribution in [2.75, 3.05) is 4.72 Å². The zero-order valence-corrected chi connectivity index (χ0v) is 9.75. The smallest absolute Gasteiger partial charge is 0.273 e. The van der Waals surface area contributed by atoms with Crippen molar-refractivity contribution in [3.05, 3.63) is 28.2 Å². The summed E-state index contributed by atoms with van der Waals surface area (Å²) in [6, 6.07) is 1.48. The molecule has 0 amide bonds. The lowest BCUT2D eigenvalue weighted by molar-refractivity contribution is 0.236. The van der Waals surface area contributed by atoms with Crippen molar-refractivity contribution in [2.45, 2.75) is 5.76 Å². The van der Waals surface area contributed by atoms with E-state index in [1.54, 1.807) is 0 Å². The van der Waals surface area contributed by atoms with Gasteiger partial charge >= 0.3 is 5.76 Å². The highest BCUT2D eigenvalue weighted by Crippen LogP contribution is 2.25. The minimum Gasteiger partial charge on any atom is -0.273 e. The standard InChI is InChI=1S/C7H4BrF4NO2S/c8-3-1-4(9)6(5(10)2-3)13-16(14,15)7(11)12/h1-2,7,13H. The summed E-state index contributed by atoms with van der Waals surface area (Å²) in [5.41, 5.74) is -1.14. The molecule has 0 aliphatic rings. The van der Waals surface area contributed by atoms with Gasteiger partial charge in [-0.3, -0.25) is 4.72 Å². The molecule has 0 atom stereocenters. The molecule has 0 aliphatic heterocycles. The lowest BCUT2D eigenvalue weighted by Gasteiger charge is -2.09. The monoisotopic (exact) mass is 321 g/mol. The molecule has 0 spiro atoms. The Labute approximate surface area is 96.6 Å². The van der Waals surface area contributed by atoms with Crippen molar-refractivity contribution < 1.29 is 26.0 Å². The first-order chi connectivity index (χ1) is 7.24. The van der Waals surface area contributed by atoms with Crippen LogP contribution in [0.2, 0.25) is 0 Å². The molecule has 9 heteroatoms. The van der Waals surface area contributed by atoms with Crippen molar-refractivity contribution in [3.8, 4) is 0 Å². The summed E-state index contributed by atoms with van der Waals surface area (Å²) in [5, 5.41) is 0. The van der Waals surface area contributed by atoms with Gasteiger partial charge in [0.25, 0.3) is 10.0 Å². The van der Waals surface area contributed by atoms with Crippen molar-refractivity contribution >= 4 is 31.6 Å². The molecule has 0 unspecified atom stereocenters. The quantitative estimate of drug-likeness (QED) is 0.870. The zero-order valence-electron chi connectivity index (χ0n) is 7.35. The second-order valence-electron chi connectivity index (χ2n) is 2.65. The first-order valence-corrected chi connectivity index (χ1v) is 6.02. The zero-order chi connectivity index (χ0) is 12.5. The van der Waals surface area contributed by atoms with Gasteiger partial charge in [0.15, 0.2) is 11.6 Å². The maximum atomic E-state index is 13.1. The number of sulfonamides is 1. The Morgan fingerprint density at radius 2 is 1.62 bits per heavy atom. The van der Waals surface area contributed by atoms with Gasteiger partial charge < -0.3 is 0 Å². The van der Waals surface area contributed by atoms with Crippen molar-refractivity contribution in [1.82, 2.24) is 0 Å². The molecule has 0 fully saturated rings. The van der Waals surface area contributed by atoms with Gasteiger partial charge in [-0.2, -0.15) is 8.78 Å². The molecule has 0 bridgehead atoms. The molecule has 1 aromatic rings. The average Bonchev–Trinajstić information content (AvgIpc) is 2.11. The molecule has 0 radical (unpaired) electrons. The van der Waals surface area contributed by atoms with Crippen molar-refractivity contribution in [1.29, 1.82) is 0 Å². The fraction of sp³-hybridized carbons (Fsp3) is 0.143. The molecule has 0 aliphatic carbocycles. The Bertz CT molecular complexity index is 482. The van der Waals surface area contributed by atoms with Crippen molar-refractivity contribution in [2.24, 2.45) is 0 Å². The third-order valence-electron chi connectivity index (χ3n) is 1.49. The molecule has 0 saturated heterocycles.